The van der Waals surface area contributed by atoms with E-state index in [0.29, 0.717) is 17.0 Å². The van der Waals surface area contributed by atoms with Crippen molar-refractivity contribution >= 4 is 23.0 Å². The highest BCUT2D eigenvalue weighted by molar-refractivity contribution is 6.30. The topological polar surface area (TPSA) is 94.2 Å². The smallest absolute Gasteiger partial charge is 0.274 e. The van der Waals surface area contributed by atoms with Gasteiger partial charge >= 0.3 is 0 Å². The van der Waals surface area contributed by atoms with Gasteiger partial charge in [-0.25, -0.2) is 9.37 Å². The minimum atomic E-state index is -0.860. The van der Waals surface area contributed by atoms with Crippen LogP contribution in [0.5, 0.6) is 5.75 Å². The first-order valence-corrected chi connectivity index (χ1v) is 10.4. The molecule has 170 valence electrons. The first-order chi connectivity index (χ1) is 15.9. The second kappa shape index (κ2) is 9.43. The summed E-state index contributed by atoms with van der Waals surface area (Å²) in [5.74, 6) is -0.00142. The van der Waals surface area contributed by atoms with E-state index in [0.717, 1.165) is 17.6 Å². The number of aliphatic hydroxyl groups is 1. The van der Waals surface area contributed by atoms with E-state index in [9.17, 15) is 14.3 Å². The van der Waals surface area contributed by atoms with Crippen molar-refractivity contribution in [2.75, 3.05) is 19.0 Å². The molecule has 0 amide bonds. The van der Waals surface area contributed by atoms with Crippen LogP contribution in [0.3, 0.4) is 0 Å². The highest BCUT2D eigenvalue weighted by Crippen LogP contribution is 2.29. The number of rotatable bonds is 7. The Morgan fingerprint density at radius 2 is 2.06 bits per heavy atom. The Bertz CT molecular complexity index is 1350. The molecule has 0 radical (unpaired) electrons. The standard InChI is InChI=1S/C23H21ClFN5O3/c1-14-10-29(13-27-14)20-4-3-18(7-22(20)33-2)28-19-6-16(24)11-30(23(19)32)21(12-31)15-5-17(25)9-26-8-15/h3-11,13,21,28,31H,12H2,1-2H3/t21-/m0/s1. The lowest BCUT2D eigenvalue weighted by Crippen LogP contribution is -2.29. The van der Waals surface area contributed by atoms with Gasteiger partial charge in [-0.2, -0.15) is 0 Å². The number of hydrogen-bond donors (Lipinski definition) is 2. The number of imidazole rings is 1. The summed E-state index contributed by atoms with van der Waals surface area (Å²) in [5.41, 5.74) is 2.31. The SMILES string of the molecule is COc1cc(Nc2cc(Cl)cn([C@@H](CO)c3cncc(F)c3)c2=O)ccc1-n1cnc(C)c1. The number of aryl methyl sites for hydroxylation is 1. The minimum absolute atomic E-state index is 0.179. The minimum Gasteiger partial charge on any atom is -0.494 e. The summed E-state index contributed by atoms with van der Waals surface area (Å²) in [6, 6.07) is 7.21. The average Bonchev–Trinajstić information content (AvgIpc) is 3.23. The van der Waals surface area contributed by atoms with Crippen LogP contribution in [0.2, 0.25) is 5.02 Å². The fourth-order valence-electron chi connectivity index (χ4n) is 3.53. The zero-order valence-electron chi connectivity index (χ0n) is 17.9. The number of anilines is 2. The highest BCUT2D eigenvalue weighted by Gasteiger charge is 2.18. The van der Waals surface area contributed by atoms with Gasteiger partial charge in [0.15, 0.2) is 0 Å². The van der Waals surface area contributed by atoms with E-state index >= 15 is 0 Å². The maximum absolute atomic E-state index is 13.7. The Labute approximate surface area is 193 Å². The van der Waals surface area contributed by atoms with Crippen LogP contribution in [-0.4, -0.2) is 37.9 Å². The molecule has 3 aromatic heterocycles. The molecule has 8 nitrogen and oxygen atoms in total. The summed E-state index contributed by atoms with van der Waals surface area (Å²) in [7, 11) is 1.55. The van der Waals surface area contributed by atoms with Crippen molar-refractivity contribution < 1.29 is 14.2 Å². The van der Waals surface area contributed by atoms with E-state index in [-0.39, 0.29) is 10.7 Å². The predicted molar refractivity (Wildman–Crippen MR) is 123 cm³/mol. The van der Waals surface area contributed by atoms with Gasteiger partial charge in [0, 0.05) is 30.3 Å². The molecule has 4 aromatic rings. The molecule has 0 saturated heterocycles. The van der Waals surface area contributed by atoms with Crippen LogP contribution >= 0.6 is 11.6 Å². The molecule has 3 heterocycles. The van der Waals surface area contributed by atoms with Crippen LogP contribution in [0.15, 0.2) is 66.2 Å². The largest absolute Gasteiger partial charge is 0.494 e. The van der Waals surface area contributed by atoms with Crippen LogP contribution in [0.25, 0.3) is 5.69 Å². The second-order valence-electron chi connectivity index (χ2n) is 7.35. The fourth-order valence-corrected chi connectivity index (χ4v) is 3.74. The Morgan fingerprint density at radius 1 is 1.24 bits per heavy atom. The van der Waals surface area contributed by atoms with Crippen LogP contribution in [-0.2, 0) is 0 Å². The monoisotopic (exact) mass is 469 g/mol. The summed E-state index contributed by atoms with van der Waals surface area (Å²) in [6.07, 6.45) is 7.40. The molecule has 2 N–H and O–H groups in total. The molecule has 0 unspecified atom stereocenters. The van der Waals surface area contributed by atoms with Gasteiger partial charge in [-0.1, -0.05) is 11.6 Å². The van der Waals surface area contributed by atoms with Gasteiger partial charge in [0.1, 0.15) is 17.3 Å². The molecule has 1 atom stereocenters. The number of hydrogen-bond acceptors (Lipinski definition) is 6. The van der Waals surface area contributed by atoms with Crippen molar-refractivity contribution in [3.05, 3.63) is 93.9 Å². The van der Waals surface area contributed by atoms with Crippen LogP contribution in [0.1, 0.15) is 17.3 Å². The van der Waals surface area contributed by atoms with Crippen molar-refractivity contribution in [2.45, 2.75) is 13.0 Å². The molecular weight excluding hydrogens is 449 g/mol. The number of nitrogens with one attached hydrogen (secondary N) is 1. The van der Waals surface area contributed by atoms with Crippen LogP contribution < -0.4 is 15.6 Å². The van der Waals surface area contributed by atoms with Gasteiger partial charge in [0.05, 0.1) is 48.7 Å². The molecular formula is C23H21ClFN5O3. The normalized spacial score (nSPS) is 11.9. The van der Waals surface area contributed by atoms with E-state index in [4.69, 9.17) is 16.3 Å². The highest BCUT2D eigenvalue weighted by atomic mass is 35.5. The van der Waals surface area contributed by atoms with Crippen molar-refractivity contribution in [2.24, 2.45) is 0 Å². The number of aromatic nitrogens is 4. The zero-order valence-corrected chi connectivity index (χ0v) is 18.6. The van der Waals surface area contributed by atoms with Crippen molar-refractivity contribution in [1.82, 2.24) is 19.1 Å². The lowest BCUT2D eigenvalue weighted by molar-refractivity contribution is 0.246. The third kappa shape index (κ3) is 4.74. The number of halogens is 2. The first kappa shape index (κ1) is 22.5. The van der Waals surface area contributed by atoms with Crippen molar-refractivity contribution in [1.29, 1.82) is 0 Å². The molecule has 4 rings (SSSR count). The van der Waals surface area contributed by atoms with Crippen LogP contribution in [0, 0.1) is 12.7 Å². The Kier molecular flexibility index (Phi) is 6.43. The van der Waals surface area contributed by atoms with Gasteiger partial charge in [0.25, 0.3) is 5.56 Å². The maximum Gasteiger partial charge on any atom is 0.274 e. The lowest BCUT2D eigenvalue weighted by Gasteiger charge is -2.20. The second-order valence-corrected chi connectivity index (χ2v) is 7.79. The quantitative estimate of drug-likeness (QED) is 0.427. The zero-order chi connectivity index (χ0) is 23.5. The Balaban J connectivity index is 1.71. The summed E-state index contributed by atoms with van der Waals surface area (Å²) in [4.78, 5) is 21.2. The van der Waals surface area contributed by atoms with E-state index in [2.05, 4.69) is 15.3 Å². The number of nitrogens with zero attached hydrogens (tertiary/aromatic N) is 4. The Hall–Kier alpha value is -3.69. The molecule has 0 bridgehead atoms. The molecule has 33 heavy (non-hydrogen) atoms. The van der Waals surface area contributed by atoms with E-state index in [1.54, 1.807) is 25.6 Å². The van der Waals surface area contributed by atoms with Gasteiger partial charge in [0.2, 0.25) is 0 Å². The molecule has 1 aromatic carbocycles. The lowest BCUT2D eigenvalue weighted by atomic mass is 10.1. The van der Waals surface area contributed by atoms with Gasteiger partial charge in [-0.15, -0.1) is 0 Å². The number of ether oxygens (including phenoxy) is 1. The van der Waals surface area contributed by atoms with Crippen molar-refractivity contribution in [3.8, 4) is 11.4 Å². The van der Waals surface area contributed by atoms with E-state index in [1.165, 1.54) is 29.1 Å². The number of methoxy groups -OCH3 is 1. The molecule has 0 spiro atoms. The molecule has 0 saturated carbocycles. The number of aliphatic hydroxyl groups excluding tert-OH is 1. The Morgan fingerprint density at radius 3 is 2.73 bits per heavy atom. The molecule has 0 fully saturated rings. The first-order valence-electron chi connectivity index (χ1n) is 9.98. The van der Waals surface area contributed by atoms with Gasteiger partial charge in [-0.05, 0) is 36.8 Å². The third-order valence-corrected chi connectivity index (χ3v) is 5.28. The average molecular weight is 470 g/mol. The molecule has 0 aliphatic heterocycles. The van der Waals surface area contributed by atoms with Gasteiger partial charge in [-0.3, -0.25) is 9.78 Å². The van der Waals surface area contributed by atoms with Gasteiger partial charge < -0.3 is 24.3 Å². The third-order valence-electron chi connectivity index (χ3n) is 5.08. The maximum atomic E-state index is 13.7. The number of benzene rings is 1. The summed E-state index contributed by atoms with van der Waals surface area (Å²) < 4.78 is 22.3. The molecule has 0 aliphatic carbocycles. The summed E-state index contributed by atoms with van der Waals surface area (Å²) in [6.45, 7) is 1.44. The molecule has 0 aliphatic rings. The van der Waals surface area contributed by atoms with E-state index < -0.39 is 24.0 Å². The molecule has 10 heteroatoms. The summed E-state index contributed by atoms with van der Waals surface area (Å²) >= 11 is 6.27. The summed E-state index contributed by atoms with van der Waals surface area (Å²) in [5, 5.41) is 13.3. The van der Waals surface area contributed by atoms with E-state index in [1.807, 2.05) is 23.8 Å². The van der Waals surface area contributed by atoms with Crippen molar-refractivity contribution in [3.63, 3.8) is 0 Å². The fraction of sp³-hybridized carbons (Fsp3) is 0.174. The predicted octanol–water partition coefficient (Wildman–Crippen LogP) is 3.86. The number of pyridine rings is 2. The van der Waals surface area contributed by atoms with Crippen LogP contribution in [0.4, 0.5) is 15.8 Å².